The molecule has 0 atom stereocenters. The van der Waals surface area contributed by atoms with Gasteiger partial charge in [-0.25, -0.2) is 18.1 Å². The molecule has 0 saturated carbocycles. The van der Waals surface area contributed by atoms with E-state index in [0.29, 0.717) is 18.0 Å². The topological polar surface area (TPSA) is 64.0 Å². The molecule has 25 heavy (non-hydrogen) atoms. The highest BCUT2D eigenvalue weighted by Gasteiger charge is 2.15. The Bertz CT molecular complexity index is 983. The Kier molecular flexibility index (Phi) is 5.42. The Morgan fingerprint density at radius 2 is 2.08 bits per heavy atom. The Morgan fingerprint density at radius 3 is 2.84 bits per heavy atom. The van der Waals surface area contributed by atoms with Gasteiger partial charge in [-0.3, -0.25) is 0 Å². The summed E-state index contributed by atoms with van der Waals surface area (Å²) in [7, 11) is -3.57. The Labute approximate surface area is 152 Å². The maximum atomic E-state index is 12.4. The number of hydrogen-bond donors (Lipinski definition) is 1. The second-order valence-corrected chi connectivity index (χ2v) is 8.03. The van der Waals surface area contributed by atoms with Gasteiger partial charge in [0, 0.05) is 35.9 Å². The zero-order chi connectivity index (χ0) is 17.9. The van der Waals surface area contributed by atoms with Crippen molar-refractivity contribution in [2.75, 3.05) is 6.54 Å². The van der Waals surface area contributed by atoms with Gasteiger partial charge in [0.15, 0.2) is 0 Å². The van der Waals surface area contributed by atoms with Gasteiger partial charge in [-0.05, 0) is 48.7 Å². The van der Waals surface area contributed by atoms with Crippen molar-refractivity contribution in [2.24, 2.45) is 0 Å². The number of hydrogen-bond acceptors (Lipinski definition) is 3. The first-order valence-corrected chi connectivity index (χ1v) is 10.1. The van der Waals surface area contributed by atoms with Crippen LogP contribution in [0.25, 0.3) is 11.0 Å². The molecule has 0 amide bonds. The zero-order valence-corrected chi connectivity index (χ0v) is 15.5. The molecule has 7 heteroatoms. The van der Waals surface area contributed by atoms with Gasteiger partial charge in [0.05, 0.1) is 4.90 Å². The first-order chi connectivity index (χ1) is 12.0. The molecule has 1 aromatic carbocycles. The number of aromatic nitrogens is 2. The predicted molar refractivity (Wildman–Crippen MR) is 100 cm³/mol. The van der Waals surface area contributed by atoms with Crippen LogP contribution >= 0.6 is 11.6 Å². The minimum atomic E-state index is -3.57. The van der Waals surface area contributed by atoms with Crippen molar-refractivity contribution < 1.29 is 8.42 Å². The lowest BCUT2D eigenvalue weighted by atomic mass is 10.2. The molecule has 0 saturated heterocycles. The lowest BCUT2D eigenvalue weighted by Crippen LogP contribution is -2.25. The predicted octanol–water partition coefficient (Wildman–Crippen LogP) is 3.62. The van der Waals surface area contributed by atoms with Crippen molar-refractivity contribution in [3.63, 3.8) is 0 Å². The number of aryl methyl sites for hydroxylation is 1. The molecule has 3 rings (SSSR count). The molecule has 5 nitrogen and oxygen atoms in total. The van der Waals surface area contributed by atoms with E-state index in [9.17, 15) is 8.42 Å². The second kappa shape index (κ2) is 7.56. The molecule has 0 fully saturated rings. The van der Waals surface area contributed by atoms with Crippen molar-refractivity contribution in [2.45, 2.75) is 31.2 Å². The van der Waals surface area contributed by atoms with E-state index in [-0.39, 0.29) is 4.90 Å². The van der Waals surface area contributed by atoms with Crippen LogP contribution in [0.1, 0.15) is 18.9 Å². The maximum Gasteiger partial charge on any atom is 0.240 e. The fourth-order valence-corrected chi connectivity index (χ4v) is 4.18. The molecule has 132 valence electrons. The van der Waals surface area contributed by atoms with Crippen LogP contribution in [0.15, 0.2) is 53.7 Å². The molecule has 0 spiro atoms. The summed E-state index contributed by atoms with van der Waals surface area (Å²) >= 11 is 5.88. The zero-order valence-electron chi connectivity index (χ0n) is 13.9. The summed E-state index contributed by atoms with van der Waals surface area (Å²) in [5.74, 6) is 0. The van der Waals surface area contributed by atoms with Crippen LogP contribution in [0.4, 0.5) is 0 Å². The fraction of sp³-hybridized carbons (Fsp3) is 0.278. The lowest BCUT2D eigenvalue weighted by Gasteiger charge is -2.06. The van der Waals surface area contributed by atoms with Gasteiger partial charge in [0.2, 0.25) is 10.0 Å². The number of benzene rings is 1. The monoisotopic (exact) mass is 377 g/mol. The number of rotatable bonds is 7. The summed E-state index contributed by atoms with van der Waals surface area (Å²) < 4.78 is 29.5. The van der Waals surface area contributed by atoms with Crippen molar-refractivity contribution in [1.82, 2.24) is 14.3 Å². The SMILES string of the molecule is CCCn1cc(CCNS(=O)(=O)c2cccc(Cl)c2)c2cccnc21. The molecule has 0 radical (unpaired) electrons. The Balaban J connectivity index is 1.75. The molecule has 0 aliphatic heterocycles. The van der Waals surface area contributed by atoms with Crippen molar-refractivity contribution in [3.05, 3.63) is 59.4 Å². The van der Waals surface area contributed by atoms with Gasteiger partial charge in [-0.2, -0.15) is 0 Å². The lowest BCUT2D eigenvalue weighted by molar-refractivity contribution is 0.581. The number of sulfonamides is 1. The van der Waals surface area contributed by atoms with Crippen molar-refractivity contribution in [1.29, 1.82) is 0 Å². The maximum absolute atomic E-state index is 12.4. The quantitative estimate of drug-likeness (QED) is 0.683. The normalized spacial score (nSPS) is 11.9. The highest BCUT2D eigenvalue weighted by Crippen LogP contribution is 2.20. The van der Waals surface area contributed by atoms with Gasteiger partial charge < -0.3 is 4.57 Å². The van der Waals surface area contributed by atoms with Crippen LogP contribution < -0.4 is 4.72 Å². The molecule has 3 aromatic rings. The molecular weight excluding hydrogens is 358 g/mol. The summed E-state index contributed by atoms with van der Waals surface area (Å²) in [6.07, 6.45) is 5.45. The van der Waals surface area contributed by atoms with Gasteiger partial charge in [0.1, 0.15) is 5.65 Å². The molecule has 2 heterocycles. The van der Waals surface area contributed by atoms with Crippen molar-refractivity contribution >= 4 is 32.7 Å². The number of pyridine rings is 1. The van der Waals surface area contributed by atoms with Crippen molar-refractivity contribution in [3.8, 4) is 0 Å². The summed E-state index contributed by atoms with van der Waals surface area (Å²) in [6.45, 7) is 3.32. The van der Waals surface area contributed by atoms with E-state index in [1.54, 1.807) is 18.3 Å². The summed E-state index contributed by atoms with van der Waals surface area (Å²) in [5, 5.41) is 1.47. The van der Waals surface area contributed by atoms with E-state index in [1.807, 2.05) is 12.1 Å². The van der Waals surface area contributed by atoms with Gasteiger partial charge in [0.25, 0.3) is 0 Å². The smallest absolute Gasteiger partial charge is 0.240 e. The third-order valence-corrected chi connectivity index (χ3v) is 5.67. The average Bonchev–Trinajstić information content (AvgIpc) is 2.93. The number of nitrogens with zero attached hydrogens (tertiary/aromatic N) is 2. The average molecular weight is 378 g/mol. The number of nitrogens with one attached hydrogen (secondary N) is 1. The highest BCUT2D eigenvalue weighted by atomic mass is 35.5. The van der Waals surface area contributed by atoms with Crippen LogP contribution in [0, 0.1) is 0 Å². The van der Waals surface area contributed by atoms with Crippen LogP contribution in [0.5, 0.6) is 0 Å². The number of fused-ring (bicyclic) bond motifs is 1. The first kappa shape index (κ1) is 17.9. The van der Waals surface area contributed by atoms with E-state index >= 15 is 0 Å². The molecular formula is C18H20ClN3O2S. The van der Waals surface area contributed by atoms with Gasteiger partial charge >= 0.3 is 0 Å². The van der Waals surface area contributed by atoms with Gasteiger partial charge in [-0.1, -0.05) is 24.6 Å². The summed E-state index contributed by atoms with van der Waals surface area (Å²) in [5.41, 5.74) is 2.03. The molecule has 0 aliphatic carbocycles. The van der Waals surface area contributed by atoms with E-state index in [2.05, 4.69) is 27.4 Å². The van der Waals surface area contributed by atoms with Crippen LogP contribution in [0.2, 0.25) is 5.02 Å². The fourth-order valence-electron chi connectivity index (χ4n) is 2.84. The first-order valence-electron chi connectivity index (χ1n) is 8.19. The summed E-state index contributed by atoms with van der Waals surface area (Å²) in [4.78, 5) is 4.62. The highest BCUT2D eigenvalue weighted by molar-refractivity contribution is 7.89. The third-order valence-electron chi connectivity index (χ3n) is 3.97. The molecule has 0 bridgehead atoms. The van der Waals surface area contributed by atoms with E-state index in [0.717, 1.165) is 29.6 Å². The Hall–Kier alpha value is -1.89. The third kappa shape index (κ3) is 4.03. The minimum Gasteiger partial charge on any atom is -0.332 e. The number of halogens is 1. The summed E-state index contributed by atoms with van der Waals surface area (Å²) in [6, 6.07) is 10.2. The minimum absolute atomic E-state index is 0.176. The van der Waals surface area contributed by atoms with E-state index < -0.39 is 10.0 Å². The second-order valence-electron chi connectivity index (χ2n) is 5.83. The largest absolute Gasteiger partial charge is 0.332 e. The molecule has 2 aromatic heterocycles. The van der Waals surface area contributed by atoms with E-state index in [1.165, 1.54) is 12.1 Å². The molecule has 0 unspecified atom stereocenters. The standard InChI is InChI=1S/C18H20ClN3O2S/c1-2-11-22-13-14(17-7-4-9-20-18(17)22)8-10-21-25(23,24)16-6-3-5-15(19)12-16/h3-7,9,12-13,21H,2,8,10-11H2,1H3. The molecule has 0 aliphatic rings. The van der Waals surface area contributed by atoms with E-state index in [4.69, 9.17) is 11.6 Å². The van der Waals surface area contributed by atoms with Crippen LogP contribution in [-0.2, 0) is 23.0 Å². The van der Waals surface area contributed by atoms with Crippen LogP contribution in [0.3, 0.4) is 0 Å². The van der Waals surface area contributed by atoms with Gasteiger partial charge in [-0.15, -0.1) is 0 Å². The molecule has 1 N–H and O–H groups in total. The Morgan fingerprint density at radius 1 is 1.24 bits per heavy atom. The van der Waals surface area contributed by atoms with Crippen LogP contribution in [-0.4, -0.2) is 24.5 Å².